The Morgan fingerprint density at radius 2 is 1.65 bits per heavy atom. The van der Waals surface area contributed by atoms with Crippen LogP contribution in [0.25, 0.3) is 0 Å². The molecule has 0 unspecified atom stereocenters. The van der Waals surface area contributed by atoms with E-state index in [1.807, 2.05) is 0 Å². The van der Waals surface area contributed by atoms with E-state index < -0.39 is 11.7 Å². The first-order valence-electron chi connectivity index (χ1n) is 9.23. The molecule has 6 nitrogen and oxygen atoms in total. The Balaban J connectivity index is 1.62. The second-order valence-corrected chi connectivity index (χ2v) is 6.68. The summed E-state index contributed by atoms with van der Waals surface area (Å²) in [5.41, 5.74) is 7.65. The minimum absolute atomic E-state index is 0.115. The topological polar surface area (TPSA) is 93.8 Å². The number of alkyl halides is 3. The van der Waals surface area contributed by atoms with Gasteiger partial charge in [-0.05, 0) is 37.1 Å². The molecule has 0 atom stereocenters. The number of amides is 1. The average molecular weight is 425 g/mol. The number of aromatic nitrogens is 3. The molecule has 0 aliphatic carbocycles. The van der Waals surface area contributed by atoms with Crippen LogP contribution >= 0.6 is 0 Å². The number of nitrogen functional groups attached to an aromatic ring is 1. The van der Waals surface area contributed by atoms with Gasteiger partial charge in [0, 0.05) is 30.6 Å². The lowest BCUT2D eigenvalue weighted by atomic mass is 10.1. The van der Waals surface area contributed by atoms with E-state index in [1.54, 1.807) is 19.2 Å². The van der Waals surface area contributed by atoms with Crippen LogP contribution in [-0.4, -0.2) is 20.9 Å². The van der Waals surface area contributed by atoms with Crippen LogP contribution in [0, 0.1) is 18.8 Å². The van der Waals surface area contributed by atoms with Crippen molar-refractivity contribution in [2.45, 2.75) is 25.9 Å². The normalized spacial score (nSPS) is 10.8. The molecule has 0 aliphatic heterocycles. The van der Waals surface area contributed by atoms with E-state index >= 15 is 0 Å². The zero-order valence-electron chi connectivity index (χ0n) is 16.5. The highest BCUT2D eigenvalue weighted by Gasteiger charge is 2.29. The predicted molar refractivity (Wildman–Crippen MR) is 110 cm³/mol. The zero-order chi connectivity index (χ0) is 22.4. The summed E-state index contributed by atoms with van der Waals surface area (Å²) in [6.07, 6.45) is 0.631. The molecule has 0 saturated heterocycles. The van der Waals surface area contributed by atoms with Crippen molar-refractivity contribution in [1.82, 2.24) is 15.0 Å². The number of carbonyl (C=O) groups is 1. The SMILES string of the molecule is Cc1ncc(C#Cc2cnc(N)nc2)cc1NC(=O)CCc1ccc(C(F)(F)F)cc1. The summed E-state index contributed by atoms with van der Waals surface area (Å²) in [5, 5.41) is 2.77. The van der Waals surface area contributed by atoms with Gasteiger partial charge in [0.1, 0.15) is 0 Å². The number of hydrogen-bond donors (Lipinski definition) is 2. The van der Waals surface area contributed by atoms with E-state index in [9.17, 15) is 18.0 Å². The van der Waals surface area contributed by atoms with Gasteiger partial charge in [0.15, 0.2) is 0 Å². The molecule has 3 rings (SSSR count). The van der Waals surface area contributed by atoms with Crippen LogP contribution in [0.4, 0.5) is 24.8 Å². The number of pyridine rings is 1. The van der Waals surface area contributed by atoms with Crippen molar-refractivity contribution in [1.29, 1.82) is 0 Å². The summed E-state index contributed by atoms with van der Waals surface area (Å²) in [4.78, 5) is 24.3. The van der Waals surface area contributed by atoms with Gasteiger partial charge in [-0.15, -0.1) is 0 Å². The van der Waals surface area contributed by atoms with Crippen molar-refractivity contribution in [3.63, 3.8) is 0 Å². The summed E-state index contributed by atoms with van der Waals surface area (Å²) in [5.74, 6) is 5.69. The summed E-state index contributed by atoms with van der Waals surface area (Å²) >= 11 is 0. The maximum atomic E-state index is 12.6. The molecule has 3 aromatic rings. The smallest absolute Gasteiger partial charge is 0.368 e. The summed E-state index contributed by atoms with van der Waals surface area (Å²) in [6.45, 7) is 1.75. The highest BCUT2D eigenvalue weighted by atomic mass is 19.4. The van der Waals surface area contributed by atoms with Gasteiger partial charge in [0.2, 0.25) is 11.9 Å². The molecule has 31 heavy (non-hydrogen) atoms. The molecule has 0 radical (unpaired) electrons. The van der Waals surface area contributed by atoms with Crippen molar-refractivity contribution >= 4 is 17.5 Å². The molecule has 158 valence electrons. The molecule has 0 saturated carbocycles. The molecular formula is C22H18F3N5O. The Morgan fingerprint density at radius 1 is 1.03 bits per heavy atom. The van der Waals surface area contributed by atoms with Gasteiger partial charge in [-0.25, -0.2) is 9.97 Å². The lowest BCUT2D eigenvalue weighted by Crippen LogP contribution is -2.14. The molecule has 3 N–H and O–H groups in total. The molecule has 9 heteroatoms. The monoisotopic (exact) mass is 425 g/mol. The number of rotatable bonds is 4. The van der Waals surface area contributed by atoms with Gasteiger partial charge in [-0.1, -0.05) is 24.0 Å². The van der Waals surface area contributed by atoms with Crippen LogP contribution in [-0.2, 0) is 17.4 Å². The fourth-order valence-corrected chi connectivity index (χ4v) is 2.61. The molecule has 2 aromatic heterocycles. The van der Waals surface area contributed by atoms with E-state index in [-0.39, 0.29) is 18.3 Å². The first kappa shape index (κ1) is 21.8. The molecule has 0 bridgehead atoms. The van der Waals surface area contributed by atoms with Crippen molar-refractivity contribution in [3.05, 3.63) is 76.9 Å². The third kappa shape index (κ3) is 6.27. The van der Waals surface area contributed by atoms with E-state index in [1.165, 1.54) is 24.5 Å². The standard InChI is InChI=1S/C22H18F3N5O/c1-14-19(10-16(11-27-14)2-3-17-12-28-21(26)29-13-17)30-20(31)9-6-15-4-7-18(8-5-15)22(23,24)25/h4-5,7-8,10-13H,6,9H2,1H3,(H,30,31)(H2,26,28,29). The fourth-order valence-electron chi connectivity index (χ4n) is 2.61. The second kappa shape index (κ2) is 9.26. The van der Waals surface area contributed by atoms with Crippen molar-refractivity contribution in [2.24, 2.45) is 0 Å². The van der Waals surface area contributed by atoms with Crippen molar-refractivity contribution in [2.75, 3.05) is 11.1 Å². The van der Waals surface area contributed by atoms with E-state index in [4.69, 9.17) is 5.73 Å². The van der Waals surface area contributed by atoms with Gasteiger partial charge >= 0.3 is 6.18 Å². The van der Waals surface area contributed by atoms with Crippen LogP contribution < -0.4 is 11.1 Å². The maximum Gasteiger partial charge on any atom is 0.416 e. The summed E-state index contributed by atoms with van der Waals surface area (Å²) < 4.78 is 37.9. The van der Waals surface area contributed by atoms with Gasteiger partial charge in [0.25, 0.3) is 0 Å². The molecule has 0 aliphatic rings. The number of halogens is 3. The van der Waals surface area contributed by atoms with Crippen LogP contribution in [0.1, 0.15) is 34.4 Å². The number of nitrogens with two attached hydrogens (primary N) is 1. The lowest BCUT2D eigenvalue weighted by molar-refractivity contribution is -0.137. The Morgan fingerprint density at radius 3 is 2.29 bits per heavy atom. The van der Waals surface area contributed by atoms with Crippen LogP contribution in [0.5, 0.6) is 0 Å². The Labute approximate surface area is 176 Å². The molecular weight excluding hydrogens is 407 g/mol. The number of anilines is 2. The average Bonchev–Trinajstić information content (AvgIpc) is 2.73. The summed E-state index contributed by atoms with van der Waals surface area (Å²) in [7, 11) is 0. The van der Waals surface area contributed by atoms with Crippen molar-refractivity contribution < 1.29 is 18.0 Å². The number of nitrogens with one attached hydrogen (secondary N) is 1. The summed E-state index contributed by atoms with van der Waals surface area (Å²) in [6, 6.07) is 6.47. The molecule has 0 fully saturated rings. The van der Waals surface area contributed by atoms with Crippen LogP contribution in [0.3, 0.4) is 0 Å². The zero-order valence-corrected chi connectivity index (χ0v) is 16.5. The fraction of sp³-hybridized carbons (Fsp3) is 0.182. The Hall–Kier alpha value is -3.93. The predicted octanol–water partition coefficient (Wildman–Crippen LogP) is 3.75. The number of carbonyl (C=O) groups excluding carboxylic acids is 1. The van der Waals surface area contributed by atoms with Gasteiger partial charge in [-0.2, -0.15) is 13.2 Å². The van der Waals surface area contributed by atoms with E-state index in [2.05, 4.69) is 32.1 Å². The first-order chi connectivity index (χ1) is 14.7. The van der Waals surface area contributed by atoms with Crippen LogP contribution in [0.2, 0.25) is 0 Å². The third-order valence-electron chi connectivity index (χ3n) is 4.31. The minimum atomic E-state index is -4.38. The largest absolute Gasteiger partial charge is 0.416 e. The first-order valence-corrected chi connectivity index (χ1v) is 9.23. The molecule has 1 aromatic carbocycles. The Bertz CT molecular complexity index is 1130. The lowest BCUT2D eigenvalue weighted by Gasteiger charge is -2.09. The van der Waals surface area contributed by atoms with Gasteiger partial charge in [0.05, 0.1) is 22.5 Å². The van der Waals surface area contributed by atoms with E-state index in [0.717, 1.165) is 12.1 Å². The Kier molecular flexibility index (Phi) is 6.50. The van der Waals surface area contributed by atoms with Gasteiger partial charge in [-0.3, -0.25) is 9.78 Å². The quantitative estimate of drug-likeness (QED) is 0.621. The van der Waals surface area contributed by atoms with Crippen molar-refractivity contribution in [3.8, 4) is 11.8 Å². The van der Waals surface area contributed by atoms with E-state index in [0.29, 0.717) is 34.5 Å². The molecule has 2 heterocycles. The number of hydrogen-bond acceptors (Lipinski definition) is 5. The second-order valence-electron chi connectivity index (χ2n) is 6.68. The molecule has 0 spiro atoms. The minimum Gasteiger partial charge on any atom is -0.368 e. The number of nitrogens with zero attached hydrogens (tertiary/aromatic N) is 3. The molecule has 1 amide bonds. The highest BCUT2D eigenvalue weighted by molar-refractivity contribution is 5.91. The maximum absolute atomic E-state index is 12.6. The van der Waals surface area contributed by atoms with Crippen LogP contribution in [0.15, 0.2) is 48.9 Å². The highest BCUT2D eigenvalue weighted by Crippen LogP contribution is 2.29. The van der Waals surface area contributed by atoms with Gasteiger partial charge < -0.3 is 11.1 Å². The number of aryl methyl sites for hydroxylation is 2. The number of benzene rings is 1. The third-order valence-corrected chi connectivity index (χ3v) is 4.31.